The number of hydrogen-bond acceptors (Lipinski definition) is 6. The Morgan fingerprint density at radius 2 is 1.62 bits per heavy atom. The summed E-state index contributed by atoms with van der Waals surface area (Å²) in [6.45, 7) is 9.12. The number of hydrogen-bond donors (Lipinski definition) is 2. The van der Waals surface area contributed by atoms with E-state index in [0.717, 1.165) is 77.6 Å². The zero-order chi connectivity index (χ0) is 28.0. The molecule has 3 heterocycles. The van der Waals surface area contributed by atoms with E-state index in [1.807, 2.05) is 0 Å². The van der Waals surface area contributed by atoms with Gasteiger partial charge < -0.3 is 15.5 Å². The van der Waals surface area contributed by atoms with Crippen molar-refractivity contribution >= 4 is 15.9 Å². The maximum atomic E-state index is 14.1. The monoisotopic (exact) mass is 569 g/mol. The molecule has 2 unspecified atom stereocenters. The van der Waals surface area contributed by atoms with Crippen molar-refractivity contribution in [1.29, 1.82) is 0 Å². The maximum absolute atomic E-state index is 14.1. The molecule has 0 radical (unpaired) electrons. The van der Waals surface area contributed by atoms with Crippen LogP contribution in [0.4, 0.5) is 8.78 Å². The Morgan fingerprint density at radius 1 is 1.00 bits per heavy atom. The molecule has 0 spiro atoms. The number of piperidine rings is 2. The minimum Gasteiger partial charge on any atom is -0.352 e. The number of likely N-dealkylation sites (tertiary alicyclic amines) is 1. The van der Waals surface area contributed by atoms with Crippen LogP contribution in [-0.4, -0.2) is 106 Å². The third kappa shape index (κ3) is 8.42. The van der Waals surface area contributed by atoms with Gasteiger partial charge in [-0.1, -0.05) is 6.92 Å². The van der Waals surface area contributed by atoms with Crippen molar-refractivity contribution in [3.63, 3.8) is 0 Å². The van der Waals surface area contributed by atoms with E-state index in [1.54, 1.807) is 0 Å². The Bertz CT molecular complexity index is 1030. The Morgan fingerprint density at radius 3 is 2.18 bits per heavy atom. The lowest BCUT2D eigenvalue weighted by Crippen LogP contribution is -2.56. The molecular formula is C28H45F2N5O3S. The van der Waals surface area contributed by atoms with Crippen molar-refractivity contribution in [2.45, 2.75) is 63.5 Å². The summed E-state index contributed by atoms with van der Waals surface area (Å²) >= 11 is 0. The van der Waals surface area contributed by atoms with Gasteiger partial charge in [-0.05, 0) is 74.6 Å². The van der Waals surface area contributed by atoms with Crippen LogP contribution in [0.3, 0.4) is 0 Å². The minimum absolute atomic E-state index is 0.0429. The van der Waals surface area contributed by atoms with Gasteiger partial charge in [0.15, 0.2) is 0 Å². The minimum atomic E-state index is -3.24. The maximum Gasteiger partial charge on any atom is 0.237 e. The van der Waals surface area contributed by atoms with Crippen molar-refractivity contribution in [3.8, 4) is 0 Å². The van der Waals surface area contributed by atoms with Crippen LogP contribution in [0.25, 0.3) is 0 Å². The predicted octanol–water partition coefficient (Wildman–Crippen LogP) is 2.37. The lowest BCUT2D eigenvalue weighted by molar-refractivity contribution is -0.127. The number of piperazine rings is 1. The van der Waals surface area contributed by atoms with Crippen LogP contribution in [0.15, 0.2) is 18.2 Å². The first-order chi connectivity index (χ1) is 18.6. The quantitative estimate of drug-likeness (QED) is 0.450. The average Bonchev–Trinajstić information content (AvgIpc) is 2.90. The van der Waals surface area contributed by atoms with Gasteiger partial charge in [0.05, 0.1) is 12.3 Å². The first-order valence-electron chi connectivity index (χ1n) is 14.5. The van der Waals surface area contributed by atoms with Gasteiger partial charge in [-0.2, -0.15) is 0 Å². The zero-order valence-corrected chi connectivity index (χ0v) is 24.2. The Labute approximate surface area is 232 Å². The van der Waals surface area contributed by atoms with E-state index < -0.39 is 21.7 Å². The predicted molar refractivity (Wildman–Crippen MR) is 149 cm³/mol. The van der Waals surface area contributed by atoms with Gasteiger partial charge in [0.25, 0.3) is 0 Å². The summed E-state index contributed by atoms with van der Waals surface area (Å²) < 4.78 is 53.7. The second-order valence-electron chi connectivity index (χ2n) is 11.4. The fraction of sp³-hybridized carbons (Fsp3) is 0.750. The molecule has 0 aliphatic carbocycles. The molecule has 1 aromatic carbocycles. The molecule has 0 saturated carbocycles. The van der Waals surface area contributed by atoms with Crippen molar-refractivity contribution in [3.05, 3.63) is 35.4 Å². The van der Waals surface area contributed by atoms with Gasteiger partial charge in [0.1, 0.15) is 11.6 Å². The summed E-state index contributed by atoms with van der Waals surface area (Å²) in [5.74, 6) is -0.903. The summed E-state index contributed by atoms with van der Waals surface area (Å²) in [7, 11) is -3.24. The standard InChI is InChI=1S/C28H45F2N5O3S/c1-3-27(34-16-9-31-10-17-34)28(36)32-25-6-11-33(12-7-25)13-8-26(22-18-23(29)20-24(30)19-22)21-4-14-35(15-5-21)39(2,37)38/h18-21,25-27,31H,3-17H2,1-2H3,(H,32,36). The third-order valence-corrected chi connectivity index (χ3v) is 10.1. The van der Waals surface area contributed by atoms with E-state index in [0.29, 0.717) is 31.5 Å². The normalized spacial score (nSPS) is 23.0. The number of rotatable bonds is 10. The molecule has 3 aliphatic rings. The van der Waals surface area contributed by atoms with E-state index in [-0.39, 0.29) is 29.8 Å². The summed E-state index contributed by atoms with van der Waals surface area (Å²) in [4.78, 5) is 17.7. The highest BCUT2D eigenvalue weighted by atomic mass is 32.2. The number of nitrogens with one attached hydrogen (secondary N) is 2. The molecule has 0 bridgehead atoms. The van der Waals surface area contributed by atoms with Crippen LogP contribution in [0.1, 0.15) is 56.9 Å². The number of benzene rings is 1. The Kier molecular flexibility index (Phi) is 10.7. The van der Waals surface area contributed by atoms with Gasteiger partial charge in [0.2, 0.25) is 15.9 Å². The lowest BCUT2D eigenvalue weighted by Gasteiger charge is -2.38. The van der Waals surface area contributed by atoms with Gasteiger partial charge in [-0.3, -0.25) is 9.69 Å². The molecule has 220 valence electrons. The fourth-order valence-corrected chi connectivity index (χ4v) is 7.47. The van der Waals surface area contributed by atoms with Crippen LogP contribution < -0.4 is 10.6 Å². The largest absolute Gasteiger partial charge is 0.352 e. The van der Waals surface area contributed by atoms with Crippen LogP contribution in [0.2, 0.25) is 0 Å². The summed E-state index contributed by atoms with van der Waals surface area (Å²) in [5, 5.41) is 6.63. The van der Waals surface area contributed by atoms with Crippen LogP contribution in [0.5, 0.6) is 0 Å². The molecule has 2 atom stereocenters. The van der Waals surface area contributed by atoms with Gasteiger partial charge in [-0.25, -0.2) is 21.5 Å². The van der Waals surface area contributed by atoms with Crippen LogP contribution in [-0.2, 0) is 14.8 Å². The van der Waals surface area contributed by atoms with E-state index in [9.17, 15) is 22.0 Å². The molecule has 0 aromatic heterocycles. The fourth-order valence-electron chi connectivity index (χ4n) is 6.60. The number of amides is 1. The molecule has 3 aliphatic heterocycles. The Balaban J connectivity index is 1.31. The molecule has 11 heteroatoms. The molecular weight excluding hydrogens is 524 g/mol. The third-order valence-electron chi connectivity index (χ3n) is 8.82. The highest BCUT2D eigenvalue weighted by Gasteiger charge is 2.32. The molecule has 1 amide bonds. The molecule has 1 aromatic rings. The highest BCUT2D eigenvalue weighted by molar-refractivity contribution is 7.88. The second kappa shape index (κ2) is 13.8. The first-order valence-corrected chi connectivity index (χ1v) is 16.4. The molecule has 8 nitrogen and oxygen atoms in total. The molecule has 39 heavy (non-hydrogen) atoms. The molecule has 3 fully saturated rings. The zero-order valence-electron chi connectivity index (χ0n) is 23.4. The van der Waals surface area contributed by atoms with Gasteiger partial charge >= 0.3 is 0 Å². The van der Waals surface area contributed by atoms with Crippen LogP contribution in [0, 0.1) is 17.6 Å². The summed E-state index contributed by atoms with van der Waals surface area (Å²) in [6.07, 6.45) is 5.91. The average molecular weight is 570 g/mol. The summed E-state index contributed by atoms with van der Waals surface area (Å²) in [6, 6.07) is 3.85. The molecule has 4 rings (SSSR count). The highest BCUT2D eigenvalue weighted by Crippen LogP contribution is 2.37. The Hall–Kier alpha value is -1.66. The SMILES string of the molecule is CCC(C(=O)NC1CCN(CCC(c2cc(F)cc(F)c2)C2CCN(S(C)(=O)=O)CC2)CC1)N1CCNCC1. The van der Waals surface area contributed by atoms with E-state index in [2.05, 4.69) is 27.4 Å². The molecule has 2 N–H and O–H groups in total. The number of carbonyl (C=O) groups excluding carboxylic acids is 1. The number of halogens is 2. The van der Waals surface area contributed by atoms with Crippen molar-refractivity contribution in [1.82, 2.24) is 24.7 Å². The lowest BCUT2D eigenvalue weighted by atomic mass is 9.78. The van der Waals surface area contributed by atoms with Crippen molar-refractivity contribution in [2.24, 2.45) is 5.92 Å². The number of sulfonamides is 1. The topological polar surface area (TPSA) is 85.0 Å². The first kappa shape index (κ1) is 30.3. The van der Waals surface area contributed by atoms with Crippen LogP contribution >= 0.6 is 0 Å². The van der Waals surface area contributed by atoms with Crippen molar-refractivity contribution < 1.29 is 22.0 Å². The number of nitrogens with zero attached hydrogens (tertiary/aromatic N) is 3. The van der Waals surface area contributed by atoms with E-state index in [1.165, 1.54) is 22.7 Å². The van der Waals surface area contributed by atoms with E-state index in [4.69, 9.17) is 0 Å². The molecule has 3 saturated heterocycles. The van der Waals surface area contributed by atoms with Gasteiger partial charge in [0, 0.05) is 64.5 Å². The smallest absolute Gasteiger partial charge is 0.237 e. The summed E-state index contributed by atoms with van der Waals surface area (Å²) in [5.41, 5.74) is 0.658. The van der Waals surface area contributed by atoms with E-state index >= 15 is 0 Å². The van der Waals surface area contributed by atoms with Crippen molar-refractivity contribution in [2.75, 3.05) is 65.2 Å². The second-order valence-corrected chi connectivity index (χ2v) is 13.4. The van der Waals surface area contributed by atoms with Gasteiger partial charge in [-0.15, -0.1) is 0 Å². The number of carbonyl (C=O) groups is 1.